The lowest BCUT2D eigenvalue weighted by Crippen LogP contribution is -2.06. The van der Waals surface area contributed by atoms with Gasteiger partial charge in [-0.3, -0.25) is 0 Å². The molecule has 18 heavy (non-hydrogen) atoms. The second-order valence-corrected chi connectivity index (χ2v) is 3.86. The summed E-state index contributed by atoms with van der Waals surface area (Å²) in [7, 11) is 0. The van der Waals surface area contributed by atoms with Crippen molar-refractivity contribution in [3.8, 4) is 0 Å². The number of imidazole rings is 1. The van der Waals surface area contributed by atoms with Crippen LogP contribution >= 0.6 is 0 Å². The van der Waals surface area contributed by atoms with Crippen LogP contribution < -0.4 is 0 Å². The van der Waals surface area contributed by atoms with Gasteiger partial charge in [0, 0.05) is 18.7 Å². The van der Waals surface area contributed by atoms with E-state index in [1.165, 1.54) is 11.3 Å². The average molecular weight is 246 g/mol. The first-order chi connectivity index (χ1) is 8.81. The third-order valence-corrected chi connectivity index (χ3v) is 2.71. The minimum atomic E-state index is 0.150. The van der Waals surface area contributed by atoms with Gasteiger partial charge in [0.2, 0.25) is 0 Å². The molecular weight excluding hydrogens is 224 g/mol. The van der Waals surface area contributed by atoms with Gasteiger partial charge in [0.15, 0.2) is 0 Å². The highest BCUT2D eigenvalue weighted by Gasteiger charge is 2.07. The fraction of sp³-hybridized carbons (Fsp3) is 0.400. The molecule has 0 saturated heterocycles. The molecule has 0 aliphatic heterocycles. The average Bonchev–Trinajstić information content (AvgIpc) is 2.76. The lowest BCUT2D eigenvalue weighted by Gasteiger charge is -2.07. The summed E-state index contributed by atoms with van der Waals surface area (Å²) in [5, 5.41) is 8.97. The van der Waals surface area contributed by atoms with Crippen molar-refractivity contribution in [2.24, 2.45) is 0 Å². The van der Waals surface area contributed by atoms with E-state index in [0.29, 0.717) is 6.54 Å². The van der Waals surface area contributed by atoms with Crippen LogP contribution in [0.4, 0.5) is 0 Å². The molecule has 0 saturated carbocycles. The van der Waals surface area contributed by atoms with Gasteiger partial charge in [-0.25, -0.2) is 4.98 Å². The Labute approximate surface area is 109 Å². The van der Waals surface area contributed by atoms with E-state index in [-0.39, 0.29) is 6.61 Å². The highest BCUT2D eigenvalue weighted by molar-refractivity contribution is 5.24. The van der Waals surface area contributed by atoms with Gasteiger partial charge in [-0.2, -0.15) is 0 Å². The van der Waals surface area contributed by atoms with E-state index in [1.807, 2.05) is 43.5 Å². The number of aliphatic hydroxyl groups excluding tert-OH is 1. The Bertz CT molecular complexity index is 449. The summed E-state index contributed by atoms with van der Waals surface area (Å²) >= 11 is 0. The van der Waals surface area contributed by atoms with Crippen LogP contribution in [0.25, 0.3) is 0 Å². The normalized spacial score (nSPS) is 9.78. The Morgan fingerprint density at radius 2 is 1.83 bits per heavy atom. The van der Waals surface area contributed by atoms with Gasteiger partial charge < -0.3 is 9.67 Å². The zero-order valence-corrected chi connectivity index (χ0v) is 11.4. The predicted molar refractivity (Wildman–Crippen MR) is 74.6 cm³/mol. The van der Waals surface area contributed by atoms with Crippen molar-refractivity contribution in [2.75, 3.05) is 6.61 Å². The molecule has 3 nitrogen and oxygen atoms in total. The van der Waals surface area contributed by atoms with Crippen molar-refractivity contribution >= 4 is 0 Å². The van der Waals surface area contributed by atoms with Crippen LogP contribution in [-0.2, 0) is 13.0 Å². The number of aliphatic hydroxyl groups is 1. The molecule has 2 rings (SSSR count). The number of hydrogen-bond acceptors (Lipinski definition) is 2. The smallest absolute Gasteiger partial charge is 0.0952 e. The molecule has 0 aliphatic carbocycles. The van der Waals surface area contributed by atoms with E-state index >= 15 is 0 Å². The van der Waals surface area contributed by atoms with Crippen molar-refractivity contribution in [2.45, 2.75) is 33.7 Å². The van der Waals surface area contributed by atoms with E-state index < -0.39 is 0 Å². The molecule has 0 unspecified atom stereocenters. The number of nitrogens with zero attached hydrogens (tertiary/aromatic N) is 2. The Morgan fingerprint density at radius 3 is 2.44 bits per heavy atom. The molecule has 0 atom stereocenters. The minimum Gasteiger partial charge on any atom is -0.395 e. The highest BCUT2D eigenvalue weighted by atomic mass is 16.3. The van der Waals surface area contributed by atoms with Crippen LogP contribution in [0.3, 0.4) is 0 Å². The molecule has 98 valence electrons. The first-order valence-corrected chi connectivity index (χ1v) is 6.46. The molecule has 1 heterocycles. The molecule has 1 aromatic heterocycles. The number of rotatable bonds is 4. The summed E-state index contributed by atoms with van der Waals surface area (Å²) < 4.78 is 2.02. The SMILES string of the molecule is CC.Cc1ncn(CCO)c1Cc1ccccc1. The van der Waals surface area contributed by atoms with E-state index in [9.17, 15) is 0 Å². The van der Waals surface area contributed by atoms with Gasteiger partial charge in [-0.1, -0.05) is 44.2 Å². The number of aromatic nitrogens is 2. The van der Waals surface area contributed by atoms with E-state index in [1.54, 1.807) is 6.33 Å². The van der Waals surface area contributed by atoms with Crippen molar-refractivity contribution in [1.29, 1.82) is 0 Å². The Balaban J connectivity index is 0.000000771. The molecule has 0 spiro atoms. The molecule has 2 aromatic rings. The second kappa shape index (κ2) is 7.67. The monoisotopic (exact) mass is 246 g/mol. The van der Waals surface area contributed by atoms with Crippen LogP contribution in [0.1, 0.15) is 30.8 Å². The van der Waals surface area contributed by atoms with Crippen molar-refractivity contribution in [3.63, 3.8) is 0 Å². The maximum Gasteiger partial charge on any atom is 0.0952 e. The van der Waals surface area contributed by atoms with Crippen molar-refractivity contribution < 1.29 is 5.11 Å². The number of hydrogen-bond donors (Lipinski definition) is 1. The highest BCUT2D eigenvalue weighted by Crippen LogP contribution is 2.12. The molecule has 0 bridgehead atoms. The summed E-state index contributed by atoms with van der Waals surface area (Å²) in [5.41, 5.74) is 3.49. The Morgan fingerprint density at radius 1 is 1.17 bits per heavy atom. The third kappa shape index (κ3) is 3.70. The second-order valence-electron chi connectivity index (χ2n) is 3.86. The van der Waals surface area contributed by atoms with Gasteiger partial charge in [0.25, 0.3) is 0 Å². The molecule has 0 radical (unpaired) electrons. The van der Waals surface area contributed by atoms with Crippen molar-refractivity contribution in [3.05, 3.63) is 53.6 Å². The van der Waals surface area contributed by atoms with Gasteiger partial charge in [-0.05, 0) is 12.5 Å². The lowest BCUT2D eigenvalue weighted by atomic mass is 10.1. The zero-order chi connectivity index (χ0) is 13.4. The molecule has 3 heteroatoms. The summed E-state index contributed by atoms with van der Waals surface area (Å²) in [6, 6.07) is 10.3. The van der Waals surface area contributed by atoms with Gasteiger partial charge >= 0.3 is 0 Å². The summed E-state index contributed by atoms with van der Waals surface area (Å²) in [5.74, 6) is 0. The topological polar surface area (TPSA) is 38.0 Å². The quantitative estimate of drug-likeness (QED) is 0.900. The predicted octanol–water partition coefficient (Wildman–Crippen LogP) is 2.80. The maximum absolute atomic E-state index is 8.97. The van der Waals surface area contributed by atoms with E-state index in [4.69, 9.17) is 5.11 Å². The Hall–Kier alpha value is -1.61. The molecule has 1 aromatic carbocycles. The number of aryl methyl sites for hydroxylation is 1. The third-order valence-electron chi connectivity index (χ3n) is 2.71. The minimum absolute atomic E-state index is 0.150. The van der Waals surface area contributed by atoms with Crippen LogP contribution in [-0.4, -0.2) is 21.3 Å². The fourth-order valence-electron chi connectivity index (χ4n) is 1.83. The molecule has 0 aliphatic rings. The van der Waals surface area contributed by atoms with Crippen molar-refractivity contribution in [1.82, 2.24) is 9.55 Å². The van der Waals surface area contributed by atoms with Crippen LogP contribution in [0.2, 0.25) is 0 Å². The first kappa shape index (κ1) is 14.5. The lowest BCUT2D eigenvalue weighted by molar-refractivity contribution is 0.274. The molecule has 0 fully saturated rings. The summed E-state index contributed by atoms with van der Waals surface area (Å²) in [4.78, 5) is 4.28. The first-order valence-electron chi connectivity index (χ1n) is 6.46. The van der Waals surface area contributed by atoms with Crippen LogP contribution in [0, 0.1) is 6.92 Å². The van der Waals surface area contributed by atoms with Gasteiger partial charge in [0.1, 0.15) is 0 Å². The summed E-state index contributed by atoms with van der Waals surface area (Å²) in [6.45, 7) is 6.77. The maximum atomic E-state index is 8.97. The molecule has 1 N–H and O–H groups in total. The van der Waals surface area contributed by atoms with Gasteiger partial charge in [0.05, 0.1) is 18.6 Å². The standard InChI is InChI=1S/C13H16N2O.C2H6/c1-11-13(15(7-8-16)10-14-11)9-12-5-3-2-4-6-12;1-2/h2-6,10,16H,7-9H2,1H3;1-2H3. The largest absolute Gasteiger partial charge is 0.395 e. The van der Waals surface area contributed by atoms with E-state index in [2.05, 4.69) is 17.1 Å². The molecular formula is C15H22N2O. The van der Waals surface area contributed by atoms with E-state index in [0.717, 1.165) is 12.1 Å². The fourth-order valence-corrected chi connectivity index (χ4v) is 1.83. The van der Waals surface area contributed by atoms with Crippen LogP contribution in [0.5, 0.6) is 0 Å². The summed E-state index contributed by atoms with van der Waals surface area (Å²) in [6.07, 6.45) is 2.66. The Kier molecular flexibility index (Phi) is 6.15. The number of benzene rings is 1. The molecule has 0 amide bonds. The zero-order valence-electron chi connectivity index (χ0n) is 11.4. The van der Waals surface area contributed by atoms with Crippen LogP contribution in [0.15, 0.2) is 36.7 Å². The van der Waals surface area contributed by atoms with Gasteiger partial charge in [-0.15, -0.1) is 0 Å².